The van der Waals surface area contributed by atoms with Gasteiger partial charge in [-0.3, -0.25) is 4.79 Å². The minimum atomic E-state index is 0.0775. The zero-order valence-corrected chi connectivity index (χ0v) is 12.3. The molecule has 1 aliphatic heterocycles. The molecular weight excluding hydrogens is 274 g/mol. The molecular formula is C16H20ClNO2. The van der Waals surface area contributed by atoms with Crippen LogP contribution in [0.5, 0.6) is 0 Å². The van der Waals surface area contributed by atoms with Crippen LogP contribution < -0.4 is 5.32 Å². The lowest BCUT2D eigenvalue weighted by atomic mass is 9.60. The van der Waals surface area contributed by atoms with E-state index >= 15 is 0 Å². The van der Waals surface area contributed by atoms with Gasteiger partial charge in [-0.1, -0.05) is 29.8 Å². The lowest BCUT2D eigenvalue weighted by Crippen LogP contribution is -2.57. The number of benzene rings is 1. The monoisotopic (exact) mass is 293 g/mol. The highest BCUT2D eigenvalue weighted by Crippen LogP contribution is 2.48. The van der Waals surface area contributed by atoms with Gasteiger partial charge >= 0.3 is 0 Å². The number of halogens is 1. The van der Waals surface area contributed by atoms with Crippen LogP contribution in [0.25, 0.3) is 0 Å². The van der Waals surface area contributed by atoms with E-state index in [0.717, 1.165) is 38.0 Å². The summed E-state index contributed by atoms with van der Waals surface area (Å²) in [6.45, 7) is 1.66. The molecule has 2 aliphatic rings. The minimum Gasteiger partial charge on any atom is -0.381 e. The Morgan fingerprint density at radius 3 is 2.70 bits per heavy atom. The maximum Gasteiger partial charge on any atom is 0.224 e. The number of nitrogens with one attached hydrogen (secondary N) is 1. The van der Waals surface area contributed by atoms with E-state index < -0.39 is 0 Å². The van der Waals surface area contributed by atoms with Crippen LogP contribution in [0, 0.1) is 5.41 Å². The van der Waals surface area contributed by atoms with Crippen LogP contribution in [0.1, 0.15) is 31.2 Å². The number of ether oxygens (including phenoxy) is 1. The number of hydrogen-bond acceptors (Lipinski definition) is 2. The quantitative estimate of drug-likeness (QED) is 0.930. The first-order valence-electron chi connectivity index (χ1n) is 7.30. The molecule has 0 radical (unpaired) electrons. The number of amides is 1. The first-order valence-corrected chi connectivity index (χ1v) is 7.68. The van der Waals surface area contributed by atoms with Gasteiger partial charge in [-0.2, -0.15) is 0 Å². The Morgan fingerprint density at radius 2 is 2.05 bits per heavy atom. The molecule has 1 spiro atoms. The van der Waals surface area contributed by atoms with E-state index in [9.17, 15) is 4.79 Å². The van der Waals surface area contributed by atoms with E-state index in [0.29, 0.717) is 22.9 Å². The van der Waals surface area contributed by atoms with Crippen LogP contribution >= 0.6 is 11.6 Å². The molecule has 3 rings (SSSR count). The average Bonchev–Trinajstić information content (AvgIpc) is 2.47. The van der Waals surface area contributed by atoms with Crippen molar-refractivity contribution in [2.24, 2.45) is 5.41 Å². The highest BCUT2D eigenvalue weighted by molar-refractivity contribution is 6.31. The first kappa shape index (κ1) is 13.9. The van der Waals surface area contributed by atoms with Crippen molar-refractivity contribution in [3.8, 4) is 0 Å². The Kier molecular flexibility index (Phi) is 3.99. The molecule has 1 aromatic rings. The summed E-state index contributed by atoms with van der Waals surface area (Å²) < 4.78 is 5.44. The van der Waals surface area contributed by atoms with E-state index in [1.165, 1.54) is 6.42 Å². The van der Waals surface area contributed by atoms with Crippen LogP contribution in [-0.4, -0.2) is 25.2 Å². The van der Waals surface area contributed by atoms with Gasteiger partial charge in [-0.25, -0.2) is 0 Å². The second kappa shape index (κ2) is 5.74. The third-order valence-corrected chi connectivity index (χ3v) is 5.17. The molecule has 1 unspecified atom stereocenters. The summed E-state index contributed by atoms with van der Waals surface area (Å²) in [5.41, 5.74) is 1.20. The van der Waals surface area contributed by atoms with E-state index in [1.807, 2.05) is 24.3 Å². The molecule has 1 amide bonds. The lowest BCUT2D eigenvalue weighted by molar-refractivity contribution is -0.126. The van der Waals surface area contributed by atoms with Gasteiger partial charge in [0, 0.05) is 24.3 Å². The SMILES string of the molecule is O=C(Cc1ccccc1Cl)NC1CCC12CCOCC2. The number of carbonyl (C=O) groups is 1. The van der Waals surface area contributed by atoms with Gasteiger partial charge in [-0.05, 0) is 42.7 Å². The third kappa shape index (κ3) is 2.70. The van der Waals surface area contributed by atoms with Crippen molar-refractivity contribution in [3.05, 3.63) is 34.9 Å². The fourth-order valence-electron chi connectivity index (χ4n) is 3.36. The normalized spacial score (nSPS) is 24.1. The average molecular weight is 294 g/mol. The van der Waals surface area contributed by atoms with Crippen molar-refractivity contribution in [1.82, 2.24) is 5.32 Å². The smallest absolute Gasteiger partial charge is 0.224 e. The molecule has 108 valence electrons. The molecule has 0 aromatic heterocycles. The van der Waals surface area contributed by atoms with Crippen molar-refractivity contribution in [1.29, 1.82) is 0 Å². The fourth-order valence-corrected chi connectivity index (χ4v) is 3.56. The molecule has 3 nitrogen and oxygen atoms in total. The lowest BCUT2D eigenvalue weighted by Gasteiger charge is -2.52. The standard InChI is InChI=1S/C16H20ClNO2/c17-13-4-2-1-3-12(13)11-15(19)18-14-5-6-16(14)7-9-20-10-8-16/h1-4,14H,5-11H2,(H,18,19). The molecule has 1 heterocycles. The molecule has 1 saturated carbocycles. The van der Waals surface area contributed by atoms with E-state index in [4.69, 9.17) is 16.3 Å². The zero-order chi connectivity index (χ0) is 14.0. The highest BCUT2D eigenvalue weighted by atomic mass is 35.5. The van der Waals surface area contributed by atoms with Crippen LogP contribution in [0.3, 0.4) is 0 Å². The van der Waals surface area contributed by atoms with Gasteiger partial charge in [0.2, 0.25) is 5.91 Å². The summed E-state index contributed by atoms with van der Waals surface area (Å²) >= 11 is 6.10. The zero-order valence-electron chi connectivity index (χ0n) is 11.5. The summed E-state index contributed by atoms with van der Waals surface area (Å²) in [7, 11) is 0. The number of rotatable bonds is 3. The van der Waals surface area contributed by atoms with Gasteiger partial charge in [0.15, 0.2) is 0 Å². The molecule has 1 aromatic carbocycles. The summed E-state index contributed by atoms with van der Waals surface area (Å²) in [5, 5.41) is 3.86. The maximum absolute atomic E-state index is 12.2. The largest absolute Gasteiger partial charge is 0.381 e. The second-order valence-corrected chi connectivity index (χ2v) is 6.31. The number of carbonyl (C=O) groups excluding carboxylic acids is 1. The van der Waals surface area contributed by atoms with Gasteiger partial charge in [0.1, 0.15) is 0 Å². The Morgan fingerprint density at radius 1 is 1.30 bits per heavy atom. The summed E-state index contributed by atoms with van der Waals surface area (Å²) in [6, 6.07) is 7.85. The highest BCUT2D eigenvalue weighted by Gasteiger charge is 2.47. The molecule has 0 bridgehead atoms. The summed E-state index contributed by atoms with van der Waals surface area (Å²) in [6.07, 6.45) is 4.82. The topological polar surface area (TPSA) is 38.3 Å². The molecule has 1 atom stereocenters. The molecule has 1 N–H and O–H groups in total. The van der Waals surface area contributed by atoms with E-state index in [-0.39, 0.29) is 5.91 Å². The second-order valence-electron chi connectivity index (χ2n) is 5.90. The maximum atomic E-state index is 12.2. The fraction of sp³-hybridized carbons (Fsp3) is 0.562. The molecule has 2 fully saturated rings. The van der Waals surface area contributed by atoms with Crippen molar-refractivity contribution < 1.29 is 9.53 Å². The van der Waals surface area contributed by atoms with Crippen molar-refractivity contribution in [2.75, 3.05) is 13.2 Å². The Labute approximate surface area is 124 Å². The van der Waals surface area contributed by atoms with Gasteiger partial charge in [0.25, 0.3) is 0 Å². The molecule has 1 aliphatic carbocycles. The van der Waals surface area contributed by atoms with E-state index in [1.54, 1.807) is 0 Å². The summed E-state index contributed by atoms with van der Waals surface area (Å²) in [4.78, 5) is 12.2. The van der Waals surface area contributed by atoms with Crippen molar-refractivity contribution >= 4 is 17.5 Å². The summed E-state index contributed by atoms with van der Waals surface area (Å²) in [5.74, 6) is 0.0775. The Balaban J connectivity index is 1.58. The van der Waals surface area contributed by atoms with Crippen LogP contribution in [-0.2, 0) is 16.0 Å². The van der Waals surface area contributed by atoms with E-state index in [2.05, 4.69) is 5.32 Å². The Bertz CT molecular complexity index is 497. The molecule has 20 heavy (non-hydrogen) atoms. The Hall–Kier alpha value is -1.06. The molecule has 4 heteroatoms. The number of hydrogen-bond donors (Lipinski definition) is 1. The third-order valence-electron chi connectivity index (χ3n) is 4.80. The van der Waals surface area contributed by atoms with Crippen LogP contribution in [0.2, 0.25) is 5.02 Å². The predicted molar refractivity (Wildman–Crippen MR) is 78.8 cm³/mol. The van der Waals surface area contributed by atoms with Gasteiger partial charge in [0.05, 0.1) is 6.42 Å². The first-order chi connectivity index (χ1) is 9.70. The van der Waals surface area contributed by atoms with Crippen LogP contribution in [0.15, 0.2) is 24.3 Å². The van der Waals surface area contributed by atoms with Crippen molar-refractivity contribution in [3.63, 3.8) is 0 Å². The van der Waals surface area contributed by atoms with Gasteiger partial charge < -0.3 is 10.1 Å². The minimum absolute atomic E-state index is 0.0775. The van der Waals surface area contributed by atoms with Gasteiger partial charge in [-0.15, -0.1) is 0 Å². The van der Waals surface area contributed by atoms with Crippen LogP contribution in [0.4, 0.5) is 0 Å². The molecule has 1 saturated heterocycles. The predicted octanol–water partition coefficient (Wildman–Crippen LogP) is 2.96. The van der Waals surface area contributed by atoms with Crippen molar-refractivity contribution in [2.45, 2.75) is 38.1 Å².